The van der Waals surface area contributed by atoms with Crippen molar-refractivity contribution in [2.75, 3.05) is 29.9 Å². The van der Waals surface area contributed by atoms with E-state index in [1.165, 1.54) is 5.69 Å². The van der Waals surface area contributed by atoms with Crippen LogP contribution in [0.4, 0.5) is 11.4 Å². The number of nitrogens with one attached hydrogen (secondary N) is 1. The minimum atomic E-state index is 0.568. The molecule has 1 N–H and O–H groups in total. The molecular weight excluding hydrogens is 308 g/mol. The van der Waals surface area contributed by atoms with Crippen molar-refractivity contribution in [2.24, 2.45) is 5.92 Å². The molecule has 1 atom stereocenters. The van der Waals surface area contributed by atoms with E-state index in [0.717, 1.165) is 42.6 Å². The highest BCUT2D eigenvalue weighted by Crippen LogP contribution is 2.28. The first-order valence-electron chi connectivity index (χ1n) is 8.67. The first-order valence-corrected chi connectivity index (χ1v) is 8.67. The van der Waals surface area contributed by atoms with Crippen LogP contribution in [0.3, 0.4) is 0 Å². The molecule has 4 rings (SSSR count). The van der Waals surface area contributed by atoms with Crippen LogP contribution in [-0.2, 0) is 0 Å². The average Bonchev–Trinajstić information content (AvgIpc) is 3.15. The second kappa shape index (κ2) is 6.82. The Bertz CT molecular complexity index is 914. The Balaban J connectivity index is 1.49. The summed E-state index contributed by atoms with van der Waals surface area (Å²) in [4.78, 5) is 6.81. The number of anilines is 2. The van der Waals surface area contributed by atoms with E-state index in [1.54, 1.807) is 6.20 Å². The topological polar surface area (TPSA) is 52.0 Å². The molecule has 1 saturated heterocycles. The van der Waals surface area contributed by atoms with Crippen LogP contribution in [0, 0.1) is 17.2 Å². The maximum absolute atomic E-state index is 9.42. The van der Waals surface area contributed by atoms with Gasteiger partial charge in [-0.05, 0) is 30.5 Å². The zero-order valence-corrected chi connectivity index (χ0v) is 14.0. The van der Waals surface area contributed by atoms with Gasteiger partial charge >= 0.3 is 0 Å². The molecule has 0 radical (unpaired) electrons. The van der Waals surface area contributed by atoms with Gasteiger partial charge in [0.25, 0.3) is 0 Å². The summed E-state index contributed by atoms with van der Waals surface area (Å²) in [5.41, 5.74) is 3.72. The van der Waals surface area contributed by atoms with Crippen LogP contribution in [0.25, 0.3) is 10.9 Å². The standard InChI is InChI=1S/C21H20N4/c22-12-17-14-23-20-9-5-4-8-19(20)21(17)24-13-16-10-11-25(15-16)18-6-2-1-3-7-18/h1-9,14,16H,10-11,13,15H2,(H,23,24). The van der Waals surface area contributed by atoms with E-state index in [2.05, 4.69) is 51.6 Å². The SMILES string of the molecule is N#Cc1cnc2ccccc2c1NCC1CCN(c2ccccc2)C1. The molecule has 25 heavy (non-hydrogen) atoms. The van der Waals surface area contributed by atoms with Gasteiger partial charge < -0.3 is 10.2 Å². The molecule has 0 aliphatic carbocycles. The van der Waals surface area contributed by atoms with Crippen LogP contribution in [0.5, 0.6) is 0 Å². The third kappa shape index (κ3) is 3.14. The summed E-state index contributed by atoms with van der Waals surface area (Å²) in [5.74, 6) is 0.568. The second-order valence-corrected chi connectivity index (χ2v) is 6.49. The van der Waals surface area contributed by atoms with Crippen molar-refractivity contribution in [3.05, 3.63) is 66.4 Å². The van der Waals surface area contributed by atoms with E-state index >= 15 is 0 Å². The number of hydrogen-bond donors (Lipinski definition) is 1. The predicted octanol–water partition coefficient (Wildman–Crippen LogP) is 4.04. The number of hydrogen-bond acceptors (Lipinski definition) is 4. The lowest BCUT2D eigenvalue weighted by atomic mass is 10.1. The molecule has 1 fully saturated rings. The Morgan fingerprint density at radius 2 is 1.92 bits per heavy atom. The van der Waals surface area contributed by atoms with Crippen LogP contribution in [0.1, 0.15) is 12.0 Å². The number of pyridine rings is 1. The molecule has 4 nitrogen and oxygen atoms in total. The van der Waals surface area contributed by atoms with Gasteiger partial charge in [0.2, 0.25) is 0 Å². The van der Waals surface area contributed by atoms with Crippen LogP contribution >= 0.6 is 0 Å². The molecule has 4 heteroatoms. The molecular formula is C21H20N4. The zero-order chi connectivity index (χ0) is 17.1. The van der Waals surface area contributed by atoms with Gasteiger partial charge in [0.1, 0.15) is 6.07 Å². The zero-order valence-electron chi connectivity index (χ0n) is 14.0. The quantitative estimate of drug-likeness (QED) is 0.785. The molecule has 124 valence electrons. The second-order valence-electron chi connectivity index (χ2n) is 6.49. The number of nitrogens with zero attached hydrogens (tertiary/aromatic N) is 3. The van der Waals surface area contributed by atoms with Gasteiger partial charge in [0, 0.05) is 36.9 Å². The molecule has 0 bridgehead atoms. The molecule has 1 unspecified atom stereocenters. The van der Waals surface area contributed by atoms with Crippen molar-refractivity contribution in [1.29, 1.82) is 5.26 Å². The predicted molar refractivity (Wildman–Crippen MR) is 102 cm³/mol. The monoisotopic (exact) mass is 328 g/mol. The van der Waals surface area contributed by atoms with Crippen molar-refractivity contribution in [3.8, 4) is 6.07 Å². The summed E-state index contributed by atoms with van der Waals surface area (Å²) in [6.07, 6.45) is 2.82. The Kier molecular flexibility index (Phi) is 4.22. The molecule has 0 saturated carbocycles. The van der Waals surface area contributed by atoms with E-state index in [4.69, 9.17) is 0 Å². The van der Waals surface area contributed by atoms with Crippen molar-refractivity contribution in [1.82, 2.24) is 4.98 Å². The fourth-order valence-corrected chi connectivity index (χ4v) is 3.54. The molecule has 2 aromatic carbocycles. The normalized spacial score (nSPS) is 16.8. The van der Waals surface area contributed by atoms with Gasteiger partial charge in [-0.1, -0.05) is 36.4 Å². The number of nitriles is 1. The summed E-state index contributed by atoms with van der Waals surface area (Å²) >= 11 is 0. The third-order valence-electron chi connectivity index (χ3n) is 4.87. The van der Waals surface area contributed by atoms with E-state index in [-0.39, 0.29) is 0 Å². The Morgan fingerprint density at radius 3 is 2.76 bits per heavy atom. The fourth-order valence-electron chi connectivity index (χ4n) is 3.54. The molecule has 0 amide bonds. The maximum Gasteiger partial charge on any atom is 0.103 e. The highest BCUT2D eigenvalue weighted by Gasteiger charge is 2.23. The summed E-state index contributed by atoms with van der Waals surface area (Å²) in [7, 11) is 0. The molecule has 2 heterocycles. The van der Waals surface area contributed by atoms with Crippen LogP contribution in [-0.4, -0.2) is 24.6 Å². The van der Waals surface area contributed by atoms with Gasteiger partial charge in [-0.3, -0.25) is 4.98 Å². The van der Waals surface area contributed by atoms with E-state index < -0.39 is 0 Å². The van der Waals surface area contributed by atoms with Crippen molar-refractivity contribution in [2.45, 2.75) is 6.42 Å². The van der Waals surface area contributed by atoms with Gasteiger partial charge in [0.05, 0.1) is 16.8 Å². The lowest BCUT2D eigenvalue weighted by Gasteiger charge is -2.19. The highest BCUT2D eigenvalue weighted by molar-refractivity contribution is 5.93. The number of para-hydroxylation sites is 2. The molecule has 1 aliphatic rings. The van der Waals surface area contributed by atoms with Gasteiger partial charge in [-0.15, -0.1) is 0 Å². The minimum Gasteiger partial charge on any atom is -0.383 e. The van der Waals surface area contributed by atoms with Crippen molar-refractivity contribution >= 4 is 22.3 Å². The maximum atomic E-state index is 9.42. The van der Waals surface area contributed by atoms with E-state index in [9.17, 15) is 5.26 Å². The first kappa shape index (κ1) is 15.5. The van der Waals surface area contributed by atoms with Crippen LogP contribution in [0.2, 0.25) is 0 Å². The largest absolute Gasteiger partial charge is 0.383 e. The average molecular weight is 328 g/mol. The van der Waals surface area contributed by atoms with E-state index in [0.29, 0.717) is 11.5 Å². The number of fused-ring (bicyclic) bond motifs is 1. The third-order valence-corrected chi connectivity index (χ3v) is 4.87. The lowest BCUT2D eigenvalue weighted by Crippen LogP contribution is -2.22. The van der Waals surface area contributed by atoms with Crippen LogP contribution < -0.4 is 10.2 Å². The number of aromatic nitrogens is 1. The number of rotatable bonds is 4. The van der Waals surface area contributed by atoms with Gasteiger partial charge in [-0.2, -0.15) is 5.26 Å². The molecule has 3 aromatic rings. The summed E-state index contributed by atoms with van der Waals surface area (Å²) in [5, 5.41) is 14.0. The highest BCUT2D eigenvalue weighted by atomic mass is 15.2. The Morgan fingerprint density at radius 1 is 1.12 bits per heavy atom. The molecule has 0 spiro atoms. The van der Waals surface area contributed by atoms with Gasteiger partial charge in [0.15, 0.2) is 0 Å². The Hall–Kier alpha value is -3.06. The molecule has 1 aliphatic heterocycles. The molecule has 1 aromatic heterocycles. The Labute approximate surface area is 147 Å². The number of benzene rings is 2. The summed E-state index contributed by atoms with van der Waals surface area (Å²) < 4.78 is 0. The fraction of sp³-hybridized carbons (Fsp3) is 0.238. The first-order chi connectivity index (χ1) is 12.3. The van der Waals surface area contributed by atoms with Crippen LogP contribution in [0.15, 0.2) is 60.8 Å². The van der Waals surface area contributed by atoms with E-state index in [1.807, 2.05) is 24.3 Å². The van der Waals surface area contributed by atoms with Crippen molar-refractivity contribution < 1.29 is 0 Å². The lowest BCUT2D eigenvalue weighted by molar-refractivity contribution is 0.623. The summed E-state index contributed by atoms with van der Waals surface area (Å²) in [6.45, 7) is 2.99. The summed E-state index contributed by atoms with van der Waals surface area (Å²) in [6, 6.07) is 20.8. The van der Waals surface area contributed by atoms with Gasteiger partial charge in [-0.25, -0.2) is 0 Å². The van der Waals surface area contributed by atoms with Crippen molar-refractivity contribution in [3.63, 3.8) is 0 Å². The smallest absolute Gasteiger partial charge is 0.103 e. The minimum absolute atomic E-state index is 0.568.